The Kier molecular flexibility index (Phi) is 7.62. The Labute approximate surface area is 209 Å². The van der Waals surface area contributed by atoms with Crippen molar-refractivity contribution < 1.29 is 13.6 Å². The van der Waals surface area contributed by atoms with E-state index in [1.807, 2.05) is 0 Å². The van der Waals surface area contributed by atoms with Gasteiger partial charge in [0, 0.05) is 12.0 Å². The maximum absolute atomic E-state index is 14.8. The lowest BCUT2D eigenvalue weighted by atomic mass is 9.73. The second-order valence-electron chi connectivity index (χ2n) is 11.0. The number of hydrogen-bond donors (Lipinski definition) is 3. The number of nitrogens with zero attached hydrogens (tertiary/aromatic N) is 4. The number of guanidine groups is 1. The van der Waals surface area contributed by atoms with Gasteiger partial charge in [-0.3, -0.25) is 20.9 Å². The molecule has 1 aromatic carbocycles. The van der Waals surface area contributed by atoms with Crippen molar-refractivity contribution in [3.63, 3.8) is 0 Å². The van der Waals surface area contributed by atoms with Crippen LogP contribution in [0.25, 0.3) is 0 Å². The van der Waals surface area contributed by atoms with Crippen molar-refractivity contribution in [3.8, 4) is 5.75 Å². The maximum atomic E-state index is 14.8. The highest BCUT2D eigenvalue weighted by atomic mass is 19.1. The molecule has 3 aliphatic rings. The highest BCUT2D eigenvalue weighted by Gasteiger charge is 2.61. The van der Waals surface area contributed by atoms with E-state index in [2.05, 4.69) is 25.7 Å². The van der Waals surface area contributed by atoms with E-state index in [9.17, 15) is 4.39 Å². The SMILES string of the molecule is CCN1CCCC1C[N+]1(C(C)(C)C2CCCCC2)C(N)N=C(N)N(c2ccc(OC)c(F)c2)C1N. The molecule has 1 aliphatic carbocycles. The van der Waals surface area contributed by atoms with Crippen molar-refractivity contribution in [3.05, 3.63) is 24.0 Å². The Balaban J connectivity index is 1.82. The summed E-state index contributed by atoms with van der Waals surface area (Å²) in [6, 6.07) is 5.19. The van der Waals surface area contributed by atoms with Crippen molar-refractivity contribution in [2.75, 3.05) is 31.6 Å². The van der Waals surface area contributed by atoms with E-state index in [-0.39, 0.29) is 17.2 Å². The van der Waals surface area contributed by atoms with Crippen LogP contribution in [-0.4, -0.2) is 66.2 Å². The van der Waals surface area contributed by atoms with Gasteiger partial charge in [-0.05, 0) is 64.8 Å². The molecule has 0 spiro atoms. The van der Waals surface area contributed by atoms with Crippen LogP contribution in [0.15, 0.2) is 23.2 Å². The van der Waals surface area contributed by atoms with E-state index < -0.39 is 18.4 Å². The van der Waals surface area contributed by atoms with E-state index in [1.54, 1.807) is 17.0 Å². The number of rotatable bonds is 7. The zero-order chi connectivity index (χ0) is 25.4. The van der Waals surface area contributed by atoms with Crippen molar-refractivity contribution in [1.82, 2.24) is 4.90 Å². The number of halogens is 1. The molecule has 35 heavy (non-hydrogen) atoms. The van der Waals surface area contributed by atoms with E-state index in [1.165, 1.54) is 38.9 Å². The Morgan fingerprint density at radius 3 is 2.49 bits per heavy atom. The number of benzene rings is 1. The molecule has 196 valence electrons. The highest BCUT2D eigenvalue weighted by molar-refractivity contribution is 5.95. The van der Waals surface area contributed by atoms with Gasteiger partial charge >= 0.3 is 0 Å². The lowest BCUT2D eigenvalue weighted by molar-refractivity contribution is -1.02. The summed E-state index contributed by atoms with van der Waals surface area (Å²) in [7, 11) is 1.45. The normalized spacial score (nSPS) is 31.0. The third-order valence-corrected chi connectivity index (χ3v) is 9.23. The molecule has 8 nitrogen and oxygen atoms in total. The molecule has 1 saturated carbocycles. The summed E-state index contributed by atoms with van der Waals surface area (Å²) in [4.78, 5) is 9.11. The zero-order valence-corrected chi connectivity index (χ0v) is 21.9. The second kappa shape index (κ2) is 10.2. The van der Waals surface area contributed by atoms with Crippen molar-refractivity contribution in [1.29, 1.82) is 0 Å². The highest BCUT2D eigenvalue weighted by Crippen LogP contribution is 2.46. The molecular weight excluding hydrogens is 445 g/mol. The Morgan fingerprint density at radius 1 is 1.14 bits per heavy atom. The van der Waals surface area contributed by atoms with E-state index in [0.717, 1.165) is 38.9 Å². The van der Waals surface area contributed by atoms with Gasteiger partial charge in [-0.2, -0.15) is 4.99 Å². The number of ether oxygens (including phenoxy) is 1. The molecule has 9 heteroatoms. The van der Waals surface area contributed by atoms with Crippen molar-refractivity contribution in [2.24, 2.45) is 28.1 Å². The summed E-state index contributed by atoms with van der Waals surface area (Å²) in [6.45, 7) is 9.72. The minimum Gasteiger partial charge on any atom is -0.494 e. The van der Waals surface area contributed by atoms with Crippen LogP contribution >= 0.6 is 0 Å². The molecule has 0 aromatic heterocycles. The molecule has 1 aromatic rings. The molecule has 2 heterocycles. The van der Waals surface area contributed by atoms with Crippen LogP contribution in [0.4, 0.5) is 10.1 Å². The molecular formula is C26H45FN7O+. The predicted molar refractivity (Wildman–Crippen MR) is 139 cm³/mol. The second-order valence-corrected chi connectivity index (χ2v) is 11.0. The number of nitrogens with two attached hydrogens (primary N) is 3. The first-order chi connectivity index (χ1) is 16.7. The minimum absolute atomic E-state index is 0.180. The van der Waals surface area contributed by atoms with Gasteiger partial charge < -0.3 is 10.5 Å². The van der Waals surface area contributed by atoms with Crippen LogP contribution in [0.5, 0.6) is 5.75 Å². The van der Waals surface area contributed by atoms with Crippen LogP contribution in [0.3, 0.4) is 0 Å². The maximum Gasteiger partial charge on any atom is 0.244 e. The fourth-order valence-electron chi connectivity index (χ4n) is 7.04. The number of likely N-dealkylation sites (N-methyl/N-ethyl adjacent to an activating group) is 1. The van der Waals surface area contributed by atoms with Gasteiger partial charge in [-0.15, -0.1) is 0 Å². The molecule has 2 aliphatic heterocycles. The third kappa shape index (κ3) is 4.41. The Morgan fingerprint density at radius 2 is 1.86 bits per heavy atom. The number of hydrogen-bond acceptors (Lipinski definition) is 7. The van der Waals surface area contributed by atoms with Crippen LogP contribution in [-0.2, 0) is 0 Å². The molecule has 4 rings (SSSR count). The zero-order valence-electron chi connectivity index (χ0n) is 21.9. The van der Waals surface area contributed by atoms with Crippen molar-refractivity contribution >= 4 is 11.6 Å². The van der Waals surface area contributed by atoms with E-state index in [4.69, 9.17) is 26.9 Å². The standard InChI is InChI=1S/C26H45FN7O/c1-5-32-15-9-12-20(32)17-34(26(2,3)18-10-7-6-8-11-18)24(29)31-23(28)33(25(34)30)19-13-14-22(35-4)21(27)16-19/h13-14,16,18,20,24-25H,5-12,15,17,29-30H2,1-4H3,(H2,28,31)/q+1. The Bertz CT molecular complexity index is 919. The van der Waals surface area contributed by atoms with Crippen LogP contribution < -0.4 is 26.8 Å². The third-order valence-electron chi connectivity index (χ3n) is 9.23. The van der Waals surface area contributed by atoms with Crippen LogP contribution in [0, 0.1) is 11.7 Å². The van der Waals surface area contributed by atoms with Gasteiger partial charge in [0.2, 0.25) is 18.5 Å². The molecule has 4 unspecified atom stereocenters. The minimum atomic E-state index is -0.605. The molecule has 6 N–H and O–H groups in total. The van der Waals surface area contributed by atoms with E-state index >= 15 is 0 Å². The first kappa shape index (κ1) is 26.1. The van der Waals surface area contributed by atoms with Crippen LogP contribution in [0.2, 0.25) is 0 Å². The summed E-state index contributed by atoms with van der Waals surface area (Å²) in [5.74, 6) is 0.409. The number of anilines is 1. The first-order valence-corrected chi connectivity index (χ1v) is 13.3. The molecule has 0 radical (unpaired) electrons. The van der Waals surface area contributed by atoms with Crippen LogP contribution in [0.1, 0.15) is 65.7 Å². The number of methoxy groups -OCH3 is 1. The quantitative estimate of drug-likeness (QED) is 0.507. The first-order valence-electron chi connectivity index (χ1n) is 13.3. The fourth-order valence-corrected chi connectivity index (χ4v) is 7.04. The van der Waals surface area contributed by atoms with Gasteiger partial charge in [0.25, 0.3) is 0 Å². The molecule has 1 saturated heterocycles. The molecule has 0 bridgehead atoms. The molecule has 0 amide bonds. The summed E-state index contributed by atoms with van der Waals surface area (Å²) in [5, 5.41) is 0. The number of quaternary nitrogens is 1. The summed E-state index contributed by atoms with van der Waals surface area (Å²) >= 11 is 0. The summed E-state index contributed by atoms with van der Waals surface area (Å²) < 4.78 is 20.3. The fraction of sp³-hybridized carbons (Fsp3) is 0.731. The smallest absolute Gasteiger partial charge is 0.244 e. The molecule has 2 fully saturated rings. The van der Waals surface area contributed by atoms with Gasteiger partial charge in [0.15, 0.2) is 11.6 Å². The Hall–Kier alpha value is -1.94. The topological polar surface area (TPSA) is 106 Å². The average Bonchev–Trinajstić information content (AvgIpc) is 3.29. The predicted octanol–water partition coefficient (Wildman–Crippen LogP) is 3.11. The lowest BCUT2D eigenvalue weighted by Gasteiger charge is -2.62. The van der Waals surface area contributed by atoms with Gasteiger partial charge in [0.05, 0.1) is 18.8 Å². The molecule has 4 atom stereocenters. The monoisotopic (exact) mass is 490 g/mol. The largest absolute Gasteiger partial charge is 0.494 e. The van der Waals surface area contributed by atoms with Gasteiger partial charge in [-0.1, -0.05) is 26.2 Å². The van der Waals surface area contributed by atoms with Gasteiger partial charge in [-0.25, -0.2) is 9.29 Å². The number of aliphatic imine (C=N–C) groups is 1. The van der Waals surface area contributed by atoms with Crippen molar-refractivity contribution in [2.45, 2.75) is 89.9 Å². The number of likely N-dealkylation sites (tertiary alicyclic amines) is 1. The summed E-state index contributed by atoms with van der Waals surface area (Å²) in [5.41, 5.74) is 21.0. The van der Waals surface area contributed by atoms with Gasteiger partial charge in [0.1, 0.15) is 12.1 Å². The summed E-state index contributed by atoms with van der Waals surface area (Å²) in [6.07, 6.45) is 7.13. The lowest BCUT2D eigenvalue weighted by Crippen LogP contribution is -2.84. The van der Waals surface area contributed by atoms with E-state index in [0.29, 0.717) is 22.1 Å². The average molecular weight is 491 g/mol.